The molecule has 10 heteroatoms. The van der Waals surface area contributed by atoms with E-state index in [9.17, 15) is 9.90 Å². The van der Waals surface area contributed by atoms with Crippen LogP contribution in [0.15, 0.2) is 60.8 Å². The molecule has 3 heterocycles. The third-order valence-corrected chi connectivity index (χ3v) is 10.2. The van der Waals surface area contributed by atoms with Crippen molar-refractivity contribution in [1.29, 1.82) is 0 Å². The minimum absolute atomic E-state index is 0.325. The summed E-state index contributed by atoms with van der Waals surface area (Å²) in [6, 6.07) is 17.4. The molecule has 2 aliphatic rings. The third-order valence-electron chi connectivity index (χ3n) is 8.21. The van der Waals surface area contributed by atoms with E-state index in [4.69, 9.17) is 43.9 Å². The van der Waals surface area contributed by atoms with Crippen LogP contribution in [0.25, 0.3) is 22.2 Å². The number of aromatic nitrogens is 2. The zero-order chi connectivity index (χ0) is 29.1. The fourth-order valence-electron chi connectivity index (χ4n) is 5.75. The fraction of sp³-hybridized carbons (Fsp3) is 0.250. The molecule has 6 nitrogen and oxygen atoms in total. The number of rotatable bonds is 8. The van der Waals surface area contributed by atoms with Gasteiger partial charge in [0.2, 0.25) is 0 Å². The molecule has 0 spiro atoms. The van der Waals surface area contributed by atoms with Gasteiger partial charge in [-0.2, -0.15) is 4.37 Å². The van der Waals surface area contributed by atoms with Crippen LogP contribution in [0.1, 0.15) is 51.0 Å². The van der Waals surface area contributed by atoms with E-state index in [1.165, 1.54) is 22.0 Å². The van der Waals surface area contributed by atoms with E-state index in [1.54, 1.807) is 6.20 Å². The number of hydrogen-bond acceptors (Lipinski definition) is 5. The summed E-state index contributed by atoms with van der Waals surface area (Å²) in [5, 5.41) is 12.0. The topological polar surface area (TPSA) is 67.6 Å². The molecule has 1 aliphatic carbocycles. The molecule has 1 aliphatic heterocycles. The average Bonchev–Trinajstić information content (AvgIpc) is 3.61. The van der Waals surface area contributed by atoms with Crippen molar-refractivity contribution in [3.63, 3.8) is 0 Å². The Bertz CT molecular complexity index is 1840. The maximum atomic E-state index is 11.6. The highest BCUT2D eigenvalue weighted by Gasteiger charge is 2.32. The van der Waals surface area contributed by atoms with Crippen LogP contribution in [0, 0.1) is 0 Å². The van der Waals surface area contributed by atoms with Gasteiger partial charge in [-0.1, -0.05) is 53.0 Å². The Morgan fingerprint density at radius 2 is 1.79 bits per heavy atom. The molecule has 42 heavy (non-hydrogen) atoms. The number of carboxylic acids is 1. The van der Waals surface area contributed by atoms with E-state index < -0.39 is 5.97 Å². The number of ether oxygens (including phenoxy) is 1. The second-order valence-electron chi connectivity index (χ2n) is 11.0. The van der Waals surface area contributed by atoms with E-state index in [2.05, 4.69) is 11.0 Å². The van der Waals surface area contributed by atoms with Crippen LogP contribution < -0.4 is 9.64 Å². The third kappa shape index (κ3) is 4.92. The fourth-order valence-corrected chi connectivity index (χ4v) is 7.66. The number of carbonyl (C=O) groups is 1. The molecule has 0 bridgehead atoms. The molecule has 1 N–H and O–H groups in total. The molecule has 2 fully saturated rings. The zero-order valence-electron chi connectivity index (χ0n) is 22.6. The molecule has 1 saturated heterocycles. The number of aromatic carboxylic acids is 1. The second kappa shape index (κ2) is 10.8. The molecular formula is C32H26Cl3N3O3S. The number of halogens is 3. The molecule has 0 atom stereocenters. The Hall–Kier alpha value is -3.23. The minimum Gasteiger partial charge on any atom is -0.489 e. The summed E-state index contributed by atoms with van der Waals surface area (Å²) >= 11 is 21.3. The molecule has 2 aromatic heterocycles. The number of fused-ring (bicyclic) bond motifs is 1. The summed E-state index contributed by atoms with van der Waals surface area (Å²) in [5.74, 6) is 0.633. The van der Waals surface area contributed by atoms with Crippen LogP contribution in [0.2, 0.25) is 15.1 Å². The maximum Gasteiger partial charge on any atom is 0.337 e. The van der Waals surface area contributed by atoms with Gasteiger partial charge in [-0.15, -0.1) is 0 Å². The monoisotopic (exact) mass is 637 g/mol. The summed E-state index contributed by atoms with van der Waals surface area (Å²) in [4.78, 5) is 15.0. The number of benzene rings is 3. The van der Waals surface area contributed by atoms with Crippen molar-refractivity contribution in [1.82, 2.24) is 8.94 Å². The highest BCUT2D eigenvalue weighted by atomic mass is 35.5. The van der Waals surface area contributed by atoms with Crippen LogP contribution in [0.4, 0.5) is 5.69 Å². The number of nitrogens with zero attached hydrogens (tertiary/aromatic N) is 3. The van der Waals surface area contributed by atoms with Crippen LogP contribution in [0.5, 0.6) is 5.75 Å². The number of anilines is 1. The van der Waals surface area contributed by atoms with Gasteiger partial charge in [-0.25, -0.2) is 4.79 Å². The zero-order valence-corrected chi connectivity index (χ0v) is 25.7. The van der Waals surface area contributed by atoms with Crippen LogP contribution in [-0.4, -0.2) is 33.1 Å². The Labute approximate surface area is 262 Å². The normalized spacial score (nSPS) is 15.3. The van der Waals surface area contributed by atoms with Gasteiger partial charge < -0.3 is 19.3 Å². The maximum absolute atomic E-state index is 11.6. The van der Waals surface area contributed by atoms with Crippen LogP contribution in [0.3, 0.4) is 0 Å². The average molecular weight is 639 g/mol. The quantitative estimate of drug-likeness (QED) is 0.184. The van der Waals surface area contributed by atoms with Gasteiger partial charge in [0.25, 0.3) is 0 Å². The number of carboxylic acid groups (broad SMARTS) is 1. The molecule has 0 radical (unpaired) electrons. The lowest BCUT2D eigenvalue weighted by Gasteiger charge is -2.42. The Morgan fingerprint density at radius 3 is 2.48 bits per heavy atom. The molecule has 1 saturated carbocycles. The van der Waals surface area contributed by atoms with Crippen molar-refractivity contribution in [3.05, 3.63) is 97.4 Å². The molecule has 0 amide bonds. The highest BCUT2D eigenvalue weighted by Crippen LogP contribution is 2.48. The van der Waals surface area contributed by atoms with Gasteiger partial charge in [0.1, 0.15) is 12.4 Å². The van der Waals surface area contributed by atoms with Crippen LogP contribution >= 0.6 is 46.3 Å². The van der Waals surface area contributed by atoms with Gasteiger partial charge in [0.15, 0.2) is 0 Å². The summed E-state index contributed by atoms with van der Waals surface area (Å²) < 4.78 is 12.9. The molecule has 7 rings (SSSR count). The van der Waals surface area contributed by atoms with Crippen molar-refractivity contribution in [3.8, 4) is 17.0 Å². The van der Waals surface area contributed by atoms with Crippen molar-refractivity contribution in [2.75, 3.05) is 18.0 Å². The standard InChI is InChI=1S/C32H26Cl3N3O3S/c1-37-15-22(32(39)40)21-9-7-18(11-28(21)37)19-13-38(14-19)27-10-8-20(12-26(27)35)41-16-23-30(36-42-31(23)17-5-6-17)29-24(33)3-2-4-25(29)34/h2-4,7-12,15,17,19H,5-6,13-14,16H2,1H3,(H,39,40). The minimum atomic E-state index is -0.911. The van der Waals surface area contributed by atoms with E-state index in [0.717, 1.165) is 59.3 Å². The van der Waals surface area contributed by atoms with Crippen LogP contribution in [-0.2, 0) is 13.7 Å². The predicted octanol–water partition coefficient (Wildman–Crippen LogP) is 9.02. The van der Waals surface area contributed by atoms with Gasteiger partial charge in [-0.3, -0.25) is 0 Å². The van der Waals surface area contributed by atoms with Gasteiger partial charge in [0.05, 0.1) is 32.0 Å². The molecule has 5 aromatic rings. The smallest absolute Gasteiger partial charge is 0.337 e. The number of hydrogen-bond donors (Lipinski definition) is 1. The Balaban J connectivity index is 1.06. The molecule has 3 aromatic carbocycles. The van der Waals surface area contributed by atoms with Gasteiger partial charge >= 0.3 is 5.97 Å². The lowest BCUT2D eigenvalue weighted by Crippen LogP contribution is -2.45. The van der Waals surface area contributed by atoms with E-state index in [1.807, 2.05) is 60.1 Å². The van der Waals surface area contributed by atoms with Gasteiger partial charge in [0, 0.05) is 65.2 Å². The SMILES string of the molecule is Cn1cc(C(=O)O)c2ccc(C3CN(c4ccc(OCc5c(-c6c(Cl)cccc6Cl)nsc5C5CC5)cc4Cl)C3)cc21. The van der Waals surface area contributed by atoms with E-state index >= 15 is 0 Å². The van der Waals surface area contributed by atoms with Crippen molar-refractivity contribution in [2.24, 2.45) is 7.05 Å². The Morgan fingerprint density at radius 1 is 1.02 bits per heavy atom. The largest absolute Gasteiger partial charge is 0.489 e. The lowest BCUT2D eigenvalue weighted by molar-refractivity contribution is 0.0699. The predicted molar refractivity (Wildman–Crippen MR) is 170 cm³/mol. The summed E-state index contributed by atoms with van der Waals surface area (Å²) in [6.07, 6.45) is 3.98. The highest BCUT2D eigenvalue weighted by molar-refractivity contribution is 7.06. The second-order valence-corrected chi connectivity index (χ2v) is 13.0. The first-order valence-corrected chi connectivity index (χ1v) is 15.6. The molecular weight excluding hydrogens is 613 g/mol. The molecule has 0 unspecified atom stereocenters. The molecule has 214 valence electrons. The number of aryl methyl sites for hydroxylation is 1. The van der Waals surface area contributed by atoms with E-state index in [0.29, 0.717) is 44.8 Å². The van der Waals surface area contributed by atoms with E-state index in [-0.39, 0.29) is 0 Å². The van der Waals surface area contributed by atoms with Crippen molar-refractivity contribution >= 4 is 68.9 Å². The Kier molecular flexibility index (Phi) is 7.09. The van der Waals surface area contributed by atoms with Crippen molar-refractivity contribution in [2.45, 2.75) is 31.3 Å². The summed E-state index contributed by atoms with van der Waals surface area (Å²) in [7, 11) is 1.88. The lowest BCUT2D eigenvalue weighted by atomic mass is 9.90. The first kappa shape index (κ1) is 27.6. The van der Waals surface area contributed by atoms with Crippen molar-refractivity contribution < 1.29 is 14.6 Å². The summed E-state index contributed by atoms with van der Waals surface area (Å²) in [6.45, 7) is 2.01. The summed E-state index contributed by atoms with van der Waals surface area (Å²) in [5.41, 5.74) is 5.98. The first-order chi connectivity index (χ1) is 20.3. The first-order valence-electron chi connectivity index (χ1n) is 13.7. The van der Waals surface area contributed by atoms with Gasteiger partial charge in [-0.05, 0) is 66.2 Å².